The Bertz CT molecular complexity index is 545. The Morgan fingerprint density at radius 1 is 0.682 bits per heavy atom. The normalized spacial score (nSPS) is 41.5. The van der Waals surface area contributed by atoms with Gasteiger partial charge in [-0.05, 0) is 0 Å². The van der Waals surface area contributed by atoms with Gasteiger partial charge in [0.1, 0.15) is 0 Å². The van der Waals surface area contributed by atoms with Crippen molar-refractivity contribution < 1.29 is 20.4 Å². The number of allylic oxidation sites excluding steroid dienone is 8. The summed E-state index contributed by atoms with van der Waals surface area (Å²) in [5.41, 5.74) is -0.0571. The van der Waals surface area contributed by atoms with E-state index in [-0.39, 0.29) is 5.43 Å². The quantitative estimate of drug-likeness (QED) is 0.530. The Kier molecular flexibility index (Phi) is 4.62. The third-order valence-electron chi connectivity index (χ3n) is 6.52. The Hall–Kier alpha value is 0.0600. The van der Waals surface area contributed by atoms with Crippen LogP contribution in [0.5, 0.6) is 0 Å². The fraction of sp³-hybridized carbons (Fsp3) is 0.600. The average molecular weight is 388 g/mol. The van der Waals surface area contributed by atoms with Gasteiger partial charge in [-0.1, -0.05) is 0 Å². The Balaban J connectivity index is 1.64. The van der Waals surface area contributed by atoms with Gasteiger partial charge in [0.05, 0.1) is 0 Å². The van der Waals surface area contributed by atoms with Crippen LogP contribution in [-0.4, -0.2) is 5.43 Å². The fourth-order valence-corrected chi connectivity index (χ4v) is 29.6. The van der Waals surface area contributed by atoms with E-state index in [2.05, 4.69) is 61.7 Å². The molecule has 2 heteroatoms. The molecule has 0 aromatic rings. The molecule has 0 saturated heterocycles. The van der Waals surface area contributed by atoms with Gasteiger partial charge < -0.3 is 0 Å². The maximum absolute atomic E-state index is 2.67. The average Bonchev–Trinajstić information content (AvgIpc) is 3.13. The van der Waals surface area contributed by atoms with Gasteiger partial charge in [0, 0.05) is 0 Å². The zero-order valence-electron chi connectivity index (χ0n) is 13.9. The van der Waals surface area contributed by atoms with E-state index in [1.165, 1.54) is 12.8 Å². The van der Waals surface area contributed by atoms with E-state index in [1.54, 1.807) is 12.8 Å². The van der Waals surface area contributed by atoms with Crippen LogP contribution in [0.2, 0.25) is 20.3 Å². The van der Waals surface area contributed by atoms with E-state index in [1.807, 2.05) is 0 Å². The molecular formula is C20H28SiZr. The van der Waals surface area contributed by atoms with Crippen LogP contribution >= 0.6 is 0 Å². The molecule has 4 aliphatic rings. The van der Waals surface area contributed by atoms with Crippen molar-refractivity contribution in [1.82, 2.24) is 0 Å². The second kappa shape index (κ2) is 6.52. The summed E-state index contributed by atoms with van der Waals surface area (Å²) in [6.45, 7) is 5.34. The predicted molar refractivity (Wildman–Crippen MR) is 94.0 cm³/mol. The van der Waals surface area contributed by atoms with E-state index in [9.17, 15) is 0 Å². The molecule has 0 N–H and O–H groups in total. The summed E-state index contributed by atoms with van der Waals surface area (Å²) in [6, 6.07) is 0. The predicted octanol–water partition coefficient (Wildman–Crippen LogP) is 5.74. The molecule has 0 radical (unpaired) electrons. The number of hydrogen-bond acceptors (Lipinski definition) is 0. The molecule has 116 valence electrons. The zero-order chi connectivity index (χ0) is 15.1. The third-order valence-corrected chi connectivity index (χ3v) is 27.8. The van der Waals surface area contributed by atoms with Crippen molar-refractivity contribution in [1.29, 1.82) is 0 Å². The Morgan fingerprint density at radius 2 is 1.14 bits per heavy atom. The molecule has 0 aliphatic heterocycles. The second-order valence-electron chi connectivity index (χ2n) is 7.85. The maximum atomic E-state index is 2.67. The van der Waals surface area contributed by atoms with Crippen molar-refractivity contribution in [3.63, 3.8) is 0 Å². The van der Waals surface area contributed by atoms with Gasteiger partial charge in [0.15, 0.2) is 0 Å². The molecule has 0 aromatic heterocycles. The first-order valence-corrected chi connectivity index (χ1v) is 18.2. The summed E-state index contributed by atoms with van der Waals surface area (Å²) in [7, 11) is 0. The van der Waals surface area contributed by atoms with Crippen molar-refractivity contribution >= 4 is 5.43 Å². The monoisotopic (exact) mass is 386 g/mol. The third kappa shape index (κ3) is 2.69. The minimum atomic E-state index is -1.36. The van der Waals surface area contributed by atoms with Gasteiger partial charge in [-0.15, -0.1) is 0 Å². The molecule has 0 nitrogen and oxygen atoms in total. The summed E-state index contributed by atoms with van der Waals surface area (Å²) in [4.78, 5) is 0. The van der Waals surface area contributed by atoms with E-state index in [4.69, 9.17) is 0 Å². The Morgan fingerprint density at radius 3 is 1.59 bits per heavy atom. The topological polar surface area (TPSA) is 0 Å². The number of fused-ring (bicyclic) bond motifs is 2. The van der Waals surface area contributed by atoms with Crippen molar-refractivity contribution in [2.24, 2.45) is 23.7 Å². The van der Waals surface area contributed by atoms with Gasteiger partial charge in [-0.2, -0.15) is 0 Å². The molecule has 2 fully saturated rings. The molecule has 6 atom stereocenters. The van der Waals surface area contributed by atoms with E-state index >= 15 is 0 Å². The summed E-state index contributed by atoms with van der Waals surface area (Å²) in [5.74, 6) is 3.65. The van der Waals surface area contributed by atoms with Gasteiger partial charge in [0.25, 0.3) is 0 Å². The minimum absolute atomic E-state index is 0.0571. The first kappa shape index (κ1) is 15.6. The molecular weight excluding hydrogens is 360 g/mol. The van der Waals surface area contributed by atoms with Gasteiger partial charge in [-0.25, -0.2) is 0 Å². The van der Waals surface area contributed by atoms with Crippen molar-refractivity contribution in [3.8, 4) is 0 Å². The molecule has 22 heavy (non-hydrogen) atoms. The van der Waals surface area contributed by atoms with Crippen molar-refractivity contribution in [2.75, 3.05) is 0 Å². The van der Waals surface area contributed by atoms with E-state index in [0.717, 1.165) is 30.9 Å². The molecule has 6 unspecified atom stereocenters. The fourth-order valence-electron chi connectivity index (χ4n) is 5.65. The molecule has 0 heterocycles. The first-order chi connectivity index (χ1) is 10.8. The molecule has 0 spiro atoms. The van der Waals surface area contributed by atoms with Crippen molar-refractivity contribution in [3.05, 3.63) is 48.6 Å². The van der Waals surface area contributed by atoms with E-state index < -0.39 is 20.4 Å². The van der Waals surface area contributed by atoms with Crippen LogP contribution in [0.4, 0.5) is 0 Å². The molecule has 4 aliphatic carbocycles. The van der Waals surface area contributed by atoms with Gasteiger partial charge >= 0.3 is 144 Å². The SMILES string of the molecule is C[Si](C)=[Zr]([CH]1CCC2C=CC=CC21)[CH]1CCC2C=CC=CC21. The molecule has 0 amide bonds. The summed E-state index contributed by atoms with van der Waals surface area (Å²) >= 11 is -1.36. The van der Waals surface area contributed by atoms with Crippen LogP contribution in [0.3, 0.4) is 0 Å². The Labute approximate surface area is 143 Å². The van der Waals surface area contributed by atoms with Crippen LogP contribution in [0.25, 0.3) is 0 Å². The number of rotatable bonds is 2. The van der Waals surface area contributed by atoms with Crippen LogP contribution in [0, 0.1) is 23.7 Å². The molecule has 2 saturated carbocycles. The zero-order valence-corrected chi connectivity index (χ0v) is 17.4. The van der Waals surface area contributed by atoms with Gasteiger partial charge in [-0.3, -0.25) is 0 Å². The first-order valence-electron chi connectivity index (χ1n) is 9.13. The summed E-state index contributed by atoms with van der Waals surface area (Å²) in [5, 5.41) is 0. The summed E-state index contributed by atoms with van der Waals surface area (Å²) in [6.07, 6.45) is 25.6. The standard InChI is InChI=1S/2C9H11.C2H6Si.Zr/c2*1-2-5-9-7-3-6-8(9)4-1;1-3-2;/h2*1-2,4-6,8-9H,3,7H2;1-2H3;. The molecule has 0 bridgehead atoms. The summed E-state index contributed by atoms with van der Waals surface area (Å²) < 4.78 is 2.31. The molecule has 4 rings (SSSR count). The molecule has 0 aromatic carbocycles. The van der Waals surface area contributed by atoms with Crippen molar-refractivity contribution in [2.45, 2.75) is 46.0 Å². The van der Waals surface area contributed by atoms with E-state index in [0.29, 0.717) is 0 Å². The van der Waals surface area contributed by atoms with Crippen LogP contribution in [0.15, 0.2) is 48.6 Å². The van der Waals surface area contributed by atoms with Gasteiger partial charge in [0.2, 0.25) is 0 Å². The second-order valence-corrected chi connectivity index (χ2v) is 26.5. The van der Waals surface area contributed by atoms with Crippen LogP contribution in [-0.2, 0) is 20.4 Å². The number of hydrogen-bond donors (Lipinski definition) is 0. The van der Waals surface area contributed by atoms with Crippen LogP contribution < -0.4 is 0 Å². The van der Waals surface area contributed by atoms with Crippen LogP contribution in [0.1, 0.15) is 25.7 Å².